The third kappa shape index (κ3) is 4.45. The molecule has 3 heteroatoms. The molecule has 0 heterocycles. The molecule has 0 amide bonds. The van der Waals surface area contributed by atoms with E-state index in [9.17, 15) is 4.79 Å². The van der Waals surface area contributed by atoms with Gasteiger partial charge < -0.3 is 9.47 Å². The van der Waals surface area contributed by atoms with Crippen molar-refractivity contribution in [1.82, 2.24) is 0 Å². The van der Waals surface area contributed by atoms with E-state index >= 15 is 0 Å². The standard InChI is InChI=1S/C13H18O3/c1-10(2)16-13(14)11(3)15-9-12-7-5-4-6-8-12/h4-8,10-11H,9H2,1-3H3/t11-/m1/s1. The molecule has 0 N–H and O–H groups in total. The van der Waals surface area contributed by atoms with Crippen molar-refractivity contribution >= 4 is 5.97 Å². The van der Waals surface area contributed by atoms with Gasteiger partial charge in [0.2, 0.25) is 0 Å². The fourth-order valence-electron chi connectivity index (χ4n) is 1.19. The molecule has 0 saturated heterocycles. The van der Waals surface area contributed by atoms with Gasteiger partial charge in [-0.3, -0.25) is 0 Å². The summed E-state index contributed by atoms with van der Waals surface area (Å²) in [4.78, 5) is 11.4. The second-order valence-electron chi connectivity index (χ2n) is 3.92. The van der Waals surface area contributed by atoms with Crippen LogP contribution in [0, 0.1) is 0 Å². The summed E-state index contributed by atoms with van der Waals surface area (Å²) in [6.07, 6.45) is -0.627. The van der Waals surface area contributed by atoms with Gasteiger partial charge in [-0.05, 0) is 26.3 Å². The molecule has 0 aliphatic rings. The normalized spacial score (nSPS) is 12.5. The molecule has 0 aliphatic heterocycles. The fourth-order valence-corrected chi connectivity index (χ4v) is 1.19. The van der Waals surface area contributed by atoms with Crippen LogP contribution >= 0.6 is 0 Å². The third-order valence-corrected chi connectivity index (χ3v) is 2.03. The van der Waals surface area contributed by atoms with Crippen molar-refractivity contribution in [3.8, 4) is 0 Å². The van der Waals surface area contributed by atoms with Crippen LogP contribution < -0.4 is 0 Å². The van der Waals surface area contributed by atoms with Gasteiger partial charge in [0.25, 0.3) is 0 Å². The fraction of sp³-hybridized carbons (Fsp3) is 0.462. The van der Waals surface area contributed by atoms with Crippen molar-refractivity contribution in [3.63, 3.8) is 0 Å². The molecule has 3 nitrogen and oxygen atoms in total. The Balaban J connectivity index is 2.35. The Morgan fingerprint density at radius 1 is 1.19 bits per heavy atom. The quantitative estimate of drug-likeness (QED) is 0.718. The zero-order valence-corrected chi connectivity index (χ0v) is 9.97. The van der Waals surface area contributed by atoms with Gasteiger partial charge in [0.05, 0.1) is 12.7 Å². The zero-order chi connectivity index (χ0) is 12.0. The Morgan fingerprint density at radius 3 is 2.38 bits per heavy atom. The molecule has 0 aliphatic carbocycles. The number of hydrogen-bond donors (Lipinski definition) is 0. The van der Waals surface area contributed by atoms with Crippen LogP contribution in [-0.4, -0.2) is 18.2 Å². The second-order valence-corrected chi connectivity index (χ2v) is 3.92. The molecule has 0 radical (unpaired) electrons. The highest BCUT2D eigenvalue weighted by molar-refractivity contribution is 5.74. The monoisotopic (exact) mass is 222 g/mol. The molecule has 88 valence electrons. The van der Waals surface area contributed by atoms with Crippen LogP contribution in [0.5, 0.6) is 0 Å². The average molecular weight is 222 g/mol. The summed E-state index contributed by atoms with van der Waals surface area (Å²) in [6, 6.07) is 9.74. The highest BCUT2D eigenvalue weighted by atomic mass is 16.6. The molecule has 0 fully saturated rings. The molecule has 0 bridgehead atoms. The van der Waals surface area contributed by atoms with Crippen LogP contribution in [0.3, 0.4) is 0 Å². The maximum atomic E-state index is 11.4. The van der Waals surface area contributed by atoms with Gasteiger partial charge in [-0.2, -0.15) is 0 Å². The Kier molecular flexibility index (Phi) is 4.99. The minimum absolute atomic E-state index is 0.102. The van der Waals surface area contributed by atoms with Crippen LogP contribution in [0.2, 0.25) is 0 Å². The van der Waals surface area contributed by atoms with Crippen molar-refractivity contribution < 1.29 is 14.3 Å². The van der Waals surface area contributed by atoms with Gasteiger partial charge in [-0.1, -0.05) is 30.3 Å². The number of esters is 1. The van der Waals surface area contributed by atoms with Gasteiger partial charge in [-0.15, -0.1) is 0 Å². The number of carbonyl (C=O) groups is 1. The minimum atomic E-state index is -0.525. The lowest BCUT2D eigenvalue weighted by Gasteiger charge is -2.14. The average Bonchev–Trinajstić information content (AvgIpc) is 2.26. The first-order valence-corrected chi connectivity index (χ1v) is 5.45. The zero-order valence-electron chi connectivity index (χ0n) is 9.97. The molecular weight excluding hydrogens is 204 g/mol. The molecule has 0 saturated carbocycles. The maximum absolute atomic E-state index is 11.4. The van der Waals surface area contributed by atoms with Gasteiger partial charge in [0, 0.05) is 0 Å². The second kappa shape index (κ2) is 6.28. The van der Waals surface area contributed by atoms with Crippen molar-refractivity contribution in [3.05, 3.63) is 35.9 Å². The molecule has 0 unspecified atom stereocenters. The van der Waals surface area contributed by atoms with Gasteiger partial charge >= 0.3 is 5.97 Å². The van der Waals surface area contributed by atoms with Crippen LogP contribution in [0.1, 0.15) is 26.3 Å². The van der Waals surface area contributed by atoms with Crippen molar-refractivity contribution in [1.29, 1.82) is 0 Å². The smallest absolute Gasteiger partial charge is 0.335 e. The Hall–Kier alpha value is -1.35. The Labute approximate surface area is 96.4 Å². The molecule has 1 aromatic carbocycles. The van der Waals surface area contributed by atoms with Crippen LogP contribution in [0.4, 0.5) is 0 Å². The lowest BCUT2D eigenvalue weighted by Crippen LogP contribution is -2.25. The summed E-state index contributed by atoms with van der Waals surface area (Å²) in [6.45, 7) is 5.77. The van der Waals surface area contributed by atoms with E-state index in [0.29, 0.717) is 6.61 Å². The highest BCUT2D eigenvalue weighted by Crippen LogP contribution is 2.05. The third-order valence-electron chi connectivity index (χ3n) is 2.03. The number of rotatable bonds is 5. The largest absolute Gasteiger partial charge is 0.461 e. The lowest BCUT2D eigenvalue weighted by molar-refractivity contribution is -0.160. The summed E-state index contributed by atoms with van der Waals surface area (Å²) in [5, 5.41) is 0. The number of carbonyl (C=O) groups excluding carboxylic acids is 1. The molecular formula is C13H18O3. The first-order chi connectivity index (χ1) is 7.59. The van der Waals surface area contributed by atoms with Crippen LogP contribution in [-0.2, 0) is 20.9 Å². The summed E-state index contributed by atoms with van der Waals surface area (Å²) < 4.78 is 10.5. The van der Waals surface area contributed by atoms with E-state index in [0.717, 1.165) is 5.56 Å². The van der Waals surface area contributed by atoms with Gasteiger partial charge in [0.15, 0.2) is 6.10 Å². The highest BCUT2D eigenvalue weighted by Gasteiger charge is 2.16. The van der Waals surface area contributed by atoms with E-state index < -0.39 is 6.10 Å². The summed E-state index contributed by atoms with van der Waals surface area (Å²) >= 11 is 0. The predicted molar refractivity (Wildman–Crippen MR) is 61.9 cm³/mol. The van der Waals surface area contributed by atoms with E-state index in [1.54, 1.807) is 6.92 Å². The number of benzene rings is 1. The summed E-state index contributed by atoms with van der Waals surface area (Å²) in [7, 11) is 0. The Bertz CT molecular complexity index is 319. The molecule has 1 rings (SSSR count). The Morgan fingerprint density at radius 2 is 1.81 bits per heavy atom. The van der Waals surface area contributed by atoms with Crippen molar-refractivity contribution in [2.45, 2.75) is 39.6 Å². The SMILES string of the molecule is CC(C)OC(=O)[C@@H](C)OCc1ccccc1. The van der Waals surface area contributed by atoms with Crippen molar-refractivity contribution in [2.75, 3.05) is 0 Å². The maximum Gasteiger partial charge on any atom is 0.335 e. The van der Waals surface area contributed by atoms with Crippen LogP contribution in [0.25, 0.3) is 0 Å². The van der Waals surface area contributed by atoms with E-state index in [1.807, 2.05) is 44.2 Å². The molecule has 0 aromatic heterocycles. The molecule has 16 heavy (non-hydrogen) atoms. The number of hydrogen-bond acceptors (Lipinski definition) is 3. The molecule has 1 aromatic rings. The van der Waals surface area contributed by atoms with Gasteiger partial charge in [0.1, 0.15) is 0 Å². The summed E-state index contributed by atoms with van der Waals surface area (Å²) in [5.74, 6) is -0.314. The molecule has 0 spiro atoms. The predicted octanol–water partition coefficient (Wildman–Crippen LogP) is 2.54. The van der Waals surface area contributed by atoms with E-state index in [2.05, 4.69) is 0 Å². The topological polar surface area (TPSA) is 35.5 Å². The van der Waals surface area contributed by atoms with Gasteiger partial charge in [-0.25, -0.2) is 4.79 Å². The lowest BCUT2D eigenvalue weighted by atomic mass is 10.2. The number of ether oxygens (including phenoxy) is 2. The van der Waals surface area contributed by atoms with E-state index in [4.69, 9.17) is 9.47 Å². The first-order valence-electron chi connectivity index (χ1n) is 5.45. The van der Waals surface area contributed by atoms with Crippen molar-refractivity contribution in [2.24, 2.45) is 0 Å². The molecule has 1 atom stereocenters. The van der Waals surface area contributed by atoms with Crippen LogP contribution in [0.15, 0.2) is 30.3 Å². The van der Waals surface area contributed by atoms with E-state index in [1.165, 1.54) is 0 Å². The van der Waals surface area contributed by atoms with E-state index in [-0.39, 0.29) is 12.1 Å². The first kappa shape index (κ1) is 12.7. The summed E-state index contributed by atoms with van der Waals surface area (Å²) in [5.41, 5.74) is 1.05. The minimum Gasteiger partial charge on any atom is -0.461 e.